The van der Waals surface area contributed by atoms with Crippen LogP contribution in [0.4, 0.5) is 17.5 Å². The van der Waals surface area contributed by atoms with Crippen molar-refractivity contribution in [2.75, 3.05) is 68.1 Å². The van der Waals surface area contributed by atoms with Crippen LogP contribution in [0.15, 0.2) is 48.7 Å². The van der Waals surface area contributed by atoms with E-state index in [0.29, 0.717) is 32.2 Å². The summed E-state index contributed by atoms with van der Waals surface area (Å²) in [5.74, 6) is 2.44. The minimum absolute atomic E-state index is 0.500. The van der Waals surface area contributed by atoms with Gasteiger partial charge in [0.2, 0.25) is 0 Å². The van der Waals surface area contributed by atoms with Crippen LogP contribution in [0.2, 0.25) is 0 Å². The number of hydrogen-bond acceptors (Lipinski definition) is 8. The Bertz CT molecular complexity index is 1540. The minimum atomic E-state index is 0.500. The maximum Gasteiger partial charge on any atom is 0.153 e. The Hall–Kier alpha value is -4.15. The molecule has 2 aliphatic rings. The summed E-state index contributed by atoms with van der Waals surface area (Å²) < 4.78 is 11.2. The van der Waals surface area contributed by atoms with Crippen LogP contribution in [0, 0.1) is 0 Å². The van der Waals surface area contributed by atoms with E-state index in [2.05, 4.69) is 60.3 Å². The Morgan fingerprint density at radius 2 is 1.49 bits per heavy atom. The summed E-state index contributed by atoms with van der Waals surface area (Å²) in [6, 6.07) is 14.7. The molecule has 0 bridgehead atoms. The number of nitrogen functional groups attached to an aromatic ring is 1. The molecular weight excluding hydrogens is 468 g/mol. The summed E-state index contributed by atoms with van der Waals surface area (Å²) >= 11 is 0. The van der Waals surface area contributed by atoms with E-state index in [0.717, 1.165) is 82.1 Å². The third-order valence-electron chi connectivity index (χ3n) is 7.21. The van der Waals surface area contributed by atoms with Gasteiger partial charge in [-0.3, -0.25) is 5.10 Å². The van der Waals surface area contributed by atoms with Gasteiger partial charge in [0, 0.05) is 54.4 Å². The Morgan fingerprint density at radius 1 is 0.784 bits per heavy atom. The second kappa shape index (κ2) is 9.06. The zero-order valence-corrected chi connectivity index (χ0v) is 20.4. The third-order valence-corrected chi connectivity index (χ3v) is 7.21. The number of nitrogens with zero attached hydrogens (tertiary/aromatic N) is 5. The minimum Gasteiger partial charge on any atom is -0.382 e. The highest BCUT2D eigenvalue weighted by molar-refractivity contribution is 6.00. The lowest BCUT2D eigenvalue weighted by atomic mass is 10.0. The number of nitrogens with one attached hydrogen (secondary N) is 2. The highest BCUT2D eigenvalue weighted by atomic mass is 16.5. The number of fused-ring (bicyclic) bond motifs is 2. The number of anilines is 3. The number of H-pyrrole nitrogens is 2. The fraction of sp³-hybridized carbons (Fsp3) is 0.296. The standard InChI is InChI=1S/C27H28N8O2/c28-26-21-13-17(1-2-22(21)32-33-26)19-3-4-29-27-20(19)16-23(30-27)18-14-24(34-5-9-36-10-6-34)31-25(15-18)35-7-11-37-12-8-35/h1-4,13-16H,5-12H2,(H,29,30)(H3,28,32,33). The highest BCUT2D eigenvalue weighted by Crippen LogP contribution is 2.35. The molecule has 0 unspecified atom stereocenters. The number of aromatic nitrogens is 5. The van der Waals surface area contributed by atoms with Gasteiger partial charge in [-0.05, 0) is 47.5 Å². The molecule has 2 saturated heterocycles. The van der Waals surface area contributed by atoms with E-state index in [4.69, 9.17) is 20.2 Å². The van der Waals surface area contributed by atoms with E-state index in [-0.39, 0.29) is 0 Å². The molecule has 0 spiro atoms. The maximum atomic E-state index is 6.08. The van der Waals surface area contributed by atoms with Crippen molar-refractivity contribution in [2.24, 2.45) is 0 Å². The van der Waals surface area contributed by atoms with E-state index in [1.54, 1.807) is 0 Å². The van der Waals surface area contributed by atoms with Gasteiger partial charge < -0.3 is 30.0 Å². The van der Waals surface area contributed by atoms with Crippen LogP contribution >= 0.6 is 0 Å². The molecule has 0 atom stereocenters. The number of morpholine rings is 2. The number of nitrogens with two attached hydrogens (primary N) is 1. The number of aromatic amines is 2. The molecule has 0 amide bonds. The van der Waals surface area contributed by atoms with Crippen molar-refractivity contribution < 1.29 is 9.47 Å². The number of hydrogen-bond donors (Lipinski definition) is 3. The second-order valence-electron chi connectivity index (χ2n) is 9.44. The zero-order valence-electron chi connectivity index (χ0n) is 20.4. The lowest BCUT2D eigenvalue weighted by Gasteiger charge is -2.31. The molecule has 2 fully saturated rings. The van der Waals surface area contributed by atoms with Gasteiger partial charge in [0.25, 0.3) is 0 Å². The number of pyridine rings is 2. The molecule has 7 rings (SSSR count). The molecule has 0 aliphatic carbocycles. The number of benzene rings is 1. The van der Waals surface area contributed by atoms with Gasteiger partial charge in [-0.25, -0.2) is 9.97 Å². The van der Waals surface area contributed by atoms with Crippen LogP contribution in [-0.2, 0) is 9.47 Å². The molecule has 4 aromatic heterocycles. The Labute approximate surface area is 213 Å². The van der Waals surface area contributed by atoms with Crippen molar-refractivity contribution in [2.45, 2.75) is 0 Å². The van der Waals surface area contributed by atoms with E-state index in [9.17, 15) is 0 Å². The average molecular weight is 497 g/mol. The van der Waals surface area contributed by atoms with Gasteiger partial charge in [-0.15, -0.1) is 0 Å². The fourth-order valence-corrected chi connectivity index (χ4v) is 5.20. The summed E-state index contributed by atoms with van der Waals surface area (Å²) in [5, 5.41) is 9.07. The zero-order chi connectivity index (χ0) is 24.8. The van der Waals surface area contributed by atoms with Crippen LogP contribution in [0.25, 0.3) is 44.3 Å². The maximum absolute atomic E-state index is 6.08. The molecule has 0 radical (unpaired) electrons. The number of rotatable bonds is 4. The lowest BCUT2D eigenvalue weighted by molar-refractivity contribution is 0.121. The van der Waals surface area contributed by atoms with Crippen molar-refractivity contribution in [1.82, 2.24) is 25.1 Å². The van der Waals surface area contributed by atoms with Crippen molar-refractivity contribution in [3.05, 3.63) is 48.7 Å². The summed E-state index contributed by atoms with van der Waals surface area (Å²) in [7, 11) is 0. The van der Waals surface area contributed by atoms with Crippen LogP contribution in [0.5, 0.6) is 0 Å². The summed E-state index contributed by atoms with van der Waals surface area (Å²) in [5.41, 5.74) is 12.1. The molecule has 10 nitrogen and oxygen atoms in total. The molecule has 188 valence electrons. The molecule has 2 aliphatic heterocycles. The highest BCUT2D eigenvalue weighted by Gasteiger charge is 2.20. The molecule has 0 saturated carbocycles. The molecule has 1 aromatic carbocycles. The molecule has 37 heavy (non-hydrogen) atoms. The first kappa shape index (κ1) is 22.1. The molecular formula is C27H28N8O2. The Kier molecular flexibility index (Phi) is 5.40. The van der Waals surface area contributed by atoms with Gasteiger partial charge in [-0.2, -0.15) is 5.10 Å². The molecule has 10 heteroatoms. The van der Waals surface area contributed by atoms with Crippen molar-refractivity contribution in [3.63, 3.8) is 0 Å². The van der Waals surface area contributed by atoms with Crippen LogP contribution < -0.4 is 15.5 Å². The fourth-order valence-electron chi connectivity index (χ4n) is 5.20. The predicted molar refractivity (Wildman–Crippen MR) is 145 cm³/mol. The van der Waals surface area contributed by atoms with E-state index >= 15 is 0 Å². The van der Waals surface area contributed by atoms with Crippen molar-refractivity contribution in [3.8, 4) is 22.4 Å². The Morgan fingerprint density at radius 3 is 2.19 bits per heavy atom. The van der Waals surface area contributed by atoms with Gasteiger partial charge in [0.05, 0.1) is 31.9 Å². The van der Waals surface area contributed by atoms with Gasteiger partial charge in [-0.1, -0.05) is 6.07 Å². The van der Waals surface area contributed by atoms with Crippen LogP contribution in [0.1, 0.15) is 0 Å². The summed E-state index contributed by atoms with van der Waals surface area (Å²) in [6.45, 7) is 6.17. The van der Waals surface area contributed by atoms with Gasteiger partial charge >= 0.3 is 0 Å². The van der Waals surface area contributed by atoms with Gasteiger partial charge in [0.1, 0.15) is 17.3 Å². The topological polar surface area (TPSA) is 121 Å². The first-order chi connectivity index (χ1) is 18.2. The summed E-state index contributed by atoms with van der Waals surface area (Å²) in [4.78, 5) is 17.8. The Balaban J connectivity index is 1.33. The van der Waals surface area contributed by atoms with Gasteiger partial charge in [0.15, 0.2) is 5.82 Å². The average Bonchev–Trinajstić information content (AvgIpc) is 3.57. The smallest absolute Gasteiger partial charge is 0.153 e. The van der Waals surface area contributed by atoms with Crippen LogP contribution in [-0.4, -0.2) is 77.8 Å². The first-order valence-corrected chi connectivity index (χ1v) is 12.6. The first-order valence-electron chi connectivity index (χ1n) is 12.6. The van der Waals surface area contributed by atoms with E-state index in [1.807, 2.05) is 18.3 Å². The molecule has 5 aromatic rings. The van der Waals surface area contributed by atoms with E-state index < -0.39 is 0 Å². The van der Waals surface area contributed by atoms with E-state index in [1.165, 1.54) is 0 Å². The third kappa shape index (κ3) is 4.04. The largest absolute Gasteiger partial charge is 0.382 e. The SMILES string of the molecule is Nc1n[nH]c2ccc(-c3ccnc4[nH]c(-c5cc(N6CCOCC6)nc(N6CCOCC6)c5)cc34)cc12. The predicted octanol–water partition coefficient (Wildman–Crippen LogP) is 3.42. The number of ether oxygens (including phenoxy) is 2. The quantitative estimate of drug-likeness (QED) is 0.346. The van der Waals surface area contributed by atoms with Crippen LogP contribution in [0.3, 0.4) is 0 Å². The van der Waals surface area contributed by atoms with Crippen molar-refractivity contribution >= 4 is 39.4 Å². The molecule has 6 heterocycles. The second-order valence-corrected chi connectivity index (χ2v) is 9.44. The molecule has 4 N–H and O–H groups in total. The monoisotopic (exact) mass is 496 g/mol. The lowest BCUT2D eigenvalue weighted by Crippen LogP contribution is -2.39. The summed E-state index contributed by atoms with van der Waals surface area (Å²) in [6.07, 6.45) is 1.84. The van der Waals surface area contributed by atoms with Crippen molar-refractivity contribution in [1.29, 1.82) is 0 Å². The normalized spacial score (nSPS) is 16.6.